The minimum Gasteiger partial charge on any atom is -0.334 e. The van der Waals surface area contributed by atoms with Crippen molar-refractivity contribution in [1.82, 2.24) is 10.2 Å². The van der Waals surface area contributed by atoms with Crippen molar-refractivity contribution in [3.05, 3.63) is 0 Å². The second-order valence-electron chi connectivity index (χ2n) is 5.52. The lowest BCUT2D eigenvalue weighted by atomic mass is 9.93. The second kappa shape index (κ2) is 8.49. The Bertz CT molecular complexity index is 289. The highest BCUT2D eigenvalue weighted by molar-refractivity contribution is 5.76. The van der Waals surface area contributed by atoms with Gasteiger partial charge in [-0.2, -0.15) is 13.2 Å². The Morgan fingerprint density at radius 1 is 1.30 bits per heavy atom. The van der Waals surface area contributed by atoms with Gasteiger partial charge in [0.15, 0.2) is 0 Å². The standard InChI is InChI=1S/C14H25F3N2O/c1-2-3-10-19(11-14(15,16)17)13(20)5-4-12-6-8-18-9-7-12/h12,18H,2-11H2,1H3. The lowest BCUT2D eigenvalue weighted by molar-refractivity contribution is -0.161. The molecule has 1 saturated heterocycles. The molecule has 1 fully saturated rings. The van der Waals surface area contributed by atoms with E-state index < -0.39 is 12.7 Å². The minimum absolute atomic E-state index is 0.209. The molecule has 3 nitrogen and oxygen atoms in total. The van der Waals surface area contributed by atoms with Crippen LogP contribution in [0.1, 0.15) is 45.4 Å². The molecule has 1 aliphatic heterocycles. The fraction of sp³-hybridized carbons (Fsp3) is 0.929. The highest BCUT2D eigenvalue weighted by Crippen LogP contribution is 2.21. The van der Waals surface area contributed by atoms with Crippen LogP contribution in [-0.4, -0.2) is 43.2 Å². The van der Waals surface area contributed by atoms with Gasteiger partial charge in [-0.05, 0) is 44.7 Å². The molecule has 1 heterocycles. The predicted molar refractivity (Wildman–Crippen MR) is 72.4 cm³/mol. The second-order valence-corrected chi connectivity index (χ2v) is 5.52. The maximum absolute atomic E-state index is 12.5. The number of hydrogen-bond donors (Lipinski definition) is 1. The van der Waals surface area contributed by atoms with Crippen molar-refractivity contribution in [2.75, 3.05) is 26.2 Å². The first-order chi connectivity index (χ1) is 9.42. The van der Waals surface area contributed by atoms with Gasteiger partial charge in [0.2, 0.25) is 5.91 Å². The zero-order valence-corrected chi connectivity index (χ0v) is 12.1. The fourth-order valence-corrected chi connectivity index (χ4v) is 2.51. The van der Waals surface area contributed by atoms with Gasteiger partial charge < -0.3 is 10.2 Å². The summed E-state index contributed by atoms with van der Waals surface area (Å²) in [6.07, 6.45) is 0.0811. The summed E-state index contributed by atoms with van der Waals surface area (Å²) in [5.74, 6) is 0.119. The van der Waals surface area contributed by atoms with Crippen molar-refractivity contribution in [3.63, 3.8) is 0 Å². The molecule has 0 bridgehead atoms. The molecule has 1 amide bonds. The van der Waals surface area contributed by atoms with Crippen LogP contribution in [0.5, 0.6) is 0 Å². The fourth-order valence-electron chi connectivity index (χ4n) is 2.51. The van der Waals surface area contributed by atoms with Crippen molar-refractivity contribution < 1.29 is 18.0 Å². The summed E-state index contributed by atoms with van der Waals surface area (Å²) in [5.41, 5.74) is 0. The van der Waals surface area contributed by atoms with Crippen LogP contribution in [0.15, 0.2) is 0 Å². The van der Waals surface area contributed by atoms with Crippen LogP contribution in [0.3, 0.4) is 0 Å². The van der Waals surface area contributed by atoms with Crippen LogP contribution in [-0.2, 0) is 4.79 Å². The van der Waals surface area contributed by atoms with Gasteiger partial charge in [0, 0.05) is 13.0 Å². The van der Waals surface area contributed by atoms with Crippen molar-refractivity contribution in [3.8, 4) is 0 Å². The van der Waals surface area contributed by atoms with E-state index in [2.05, 4.69) is 5.32 Å². The monoisotopic (exact) mass is 294 g/mol. The van der Waals surface area contributed by atoms with Gasteiger partial charge in [0.05, 0.1) is 0 Å². The number of nitrogens with zero attached hydrogens (tertiary/aromatic N) is 1. The number of carbonyl (C=O) groups is 1. The lowest BCUT2D eigenvalue weighted by Crippen LogP contribution is -2.39. The van der Waals surface area contributed by atoms with Crippen LogP contribution >= 0.6 is 0 Å². The number of unbranched alkanes of at least 4 members (excludes halogenated alkanes) is 1. The van der Waals surface area contributed by atoms with E-state index in [1.165, 1.54) is 0 Å². The summed E-state index contributed by atoms with van der Waals surface area (Å²) < 4.78 is 37.5. The maximum atomic E-state index is 12.5. The van der Waals surface area contributed by atoms with Gasteiger partial charge in [0.1, 0.15) is 6.54 Å². The van der Waals surface area contributed by atoms with Crippen LogP contribution in [0.2, 0.25) is 0 Å². The van der Waals surface area contributed by atoms with E-state index in [4.69, 9.17) is 0 Å². The summed E-state index contributed by atoms with van der Waals surface area (Å²) >= 11 is 0. The zero-order valence-electron chi connectivity index (χ0n) is 12.1. The summed E-state index contributed by atoms with van der Waals surface area (Å²) in [6, 6.07) is 0. The first-order valence-electron chi connectivity index (χ1n) is 7.47. The molecular weight excluding hydrogens is 269 g/mol. The van der Waals surface area contributed by atoms with E-state index in [0.717, 1.165) is 37.3 Å². The molecule has 6 heteroatoms. The highest BCUT2D eigenvalue weighted by atomic mass is 19.4. The van der Waals surface area contributed by atoms with Crippen LogP contribution < -0.4 is 5.32 Å². The Morgan fingerprint density at radius 2 is 1.95 bits per heavy atom. The molecule has 0 aliphatic carbocycles. The number of amides is 1. The summed E-state index contributed by atoms with van der Waals surface area (Å²) in [4.78, 5) is 13.0. The molecule has 0 aromatic rings. The van der Waals surface area contributed by atoms with E-state index in [1.807, 2.05) is 6.92 Å². The Morgan fingerprint density at radius 3 is 2.50 bits per heavy atom. The van der Waals surface area contributed by atoms with E-state index in [9.17, 15) is 18.0 Å². The molecule has 1 aliphatic rings. The molecule has 1 N–H and O–H groups in total. The molecule has 0 radical (unpaired) electrons. The van der Waals surface area contributed by atoms with Crippen molar-refractivity contribution >= 4 is 5.91 Å². The SMILES string of the molecule is CCCCN(CC(F)(F)F)C(=O)CCC1CCNCC1. The number of halogens is 3. The van der Waals surface area contributed by atoms with Gasteiger partial charge in [-0.15, -0.1) is 0 Å². The molecule has 1 rings (SSSR count). The van der Waals surface area contributed by atoms with Crippen molar-refractivity contribution in [2.24, 2.45) is 5.92 Å². The third-order valence-electron chi connectivity index (χ3n) is 3.73. The third-order valence-corrected chi connectivity index (χ3v) is 3.73. The maximum Gasteiger partial charge on any atom is 0.406 e. The summed E-state index contributed by atoms with van der Waals surface area (Å²) in [5, 5.41) is 3.24. The van der Waals surface area contributed by atoms with Crippen LogP contribution in [0.25, 0.3) is 0 Å². The minimum atomic E-state index is -4.31. The molecular formula is C14H25F3N2O. The van der Waals surface area contributed by atoms with Gasteiger partial charge in [0.25, 0.3) is 0 Å². The molecule has 0 unspecified atom stereocenters. The van der Waals surface area contributed by atoms with E-state index in [0.29, 0.717) is 18.8 Å². The smallest absolute Gasteiger partial charge is 0.334 e. The molecule has 0 spiro atoms. The lowest BCUT2D eigenvalue weighted by Gasteiger charge is -2.26. The quantitative estimate of drug-likeness (QED) is 0.783. The topological polar surface area (TPSA) is 32.3 Å². The van der Waals surface area contributed by atoms with Crippen molar-refractivity contribution in [2.45, 2.75) is 51.6 Å². The Hall–Kier alpha value is -0.780. The summed E-state index contributed by atoms with van der Waals surface area (Å²) in [6.45, 7) is 2.90. The molecule has 0 aromatic heterocycles. The normalized spacial score (nSPS) is 17.2. The van der Waals surface area contributed by atoms with Gasteiger partial charge >= 0.3 is 6.18 Å². The summed E-state index contributed by atoms with van der Waals surface area (Å²) in [7, 11) is 0. The van der Waals surface area contributed by atoms with Gasteiger partial charge in [-0.25, -0.2) is 0 Å². The first-order valence-corrected chi connectivity index (χ1v) is 7.47. The van der Waals surface area contributed by atoms with E-state index >= 15 is 0 Å². The molecule has 0 aromatic carbocycles. The molecule has 20 heavy (non-hydrogen) atoms. The number of piperidine rings is 1. The number of rotatable bonds is 7. The Labute approximate surface area is 118 Å². The van der Waals surface area contributed by atoms with E-state index in [1.54, 1.807) is 0 Å². The highest BCUT2D eigenvalue weighted by Gasteiger charge is 2.32. The predicted octanol–water partition coefficient (Wildman–Crippen LogP) is 2.96. The molecule has 0 saturated carbocycles. The average Bonchev–Trinajstić information content (AvgIpc) is 2.40. The number of hydrogen-bond acceptors (Lipinski definition) is 2. The number of carbonyl (C=O) groups excluding carboxylic acids is 1. The van der Waals surface area contributed by atoms with Crippen molar-refractivity contribution in [1.29, 1.82) is 0 Å². The van der Waals surface area contributed by atoms with Crippen LogP contribution in [0.4, 0.5) is 13.2 Å². The molecule has 0 atom stereocenters. The van der Waals surface area contributed by atoms with E-state index in [-0.39, 0.29) is 18.9 Å². The average molecular weight is 294 g/mol. The largest absolute Gasteiger partial charge is 0.406 e. The Kier molecular flexibility index (Phi) is 7.34. The third kappa shape index (κ3) is 7.12. The van der Waals surface area contributed by atoms with Crippen LogP contribution in [0, 0.1) is 5.92 Å². The molecule has 118 valence electrons. The Balaban J connectivity index is 2.40. The zero-order chi connectivity index (χ0) is 15.0. The first kappa shape index (κ1) is 17.3. The van der Waals surface area contributed by atoms with Gasteiger partial charge in [-0.3, -0.25) is 4.79 Å². The number of nitrogens with one attached hydrogen (secondary N) is 1. The number of alkyl halides is 3. The van der Waals surface area contributed by atoms with Gasteiger partial charge in [-0.1, -0.05) is 13.3 Å².